The van der Waals surface area contributed by atoms with Crippen molar-refractivity contribution in [1.82, 2.24) is 15.2 Å². The van der Waals surface area contributed by atoms with Gasteiger partial charge in [-0.05, 0) is 25.3 Å². The van der Waals surface area contributed by atoms with Crippen molar-refractivity contribution in [1.29, 1.82) is 0 Å². The molecule has 0 amide bonds. The summed E-state index contributed by atoms with van der Waals surface area (Å²) in [5.41, 5.74) is 2.30. The Morgan fingerprint density at radius 1 is 1.32 bits per heavy atom. The van der Waals surface area contributed by atoms with E-state index in [0.29, 0.717) is 19.1 Å². The Morgan fingerprint density at radius 2 is 2.14 bits per heavy atom. The number of ether oxygens (including phenoxy) is 1. The van der Waals surface area contributed by atoms with Gasteiger partial charge in [-0.2, -0.15) is 0 Å². The molecule has 5 nitrogen and oxygen atoms in total. The summed E-state index contributed by atoms with van der Waals surface area (Å²) in [4.78, 5) is 11.8. The molecule has 1 aromatic heterocycles. The van der Waals surface area contributed by atoms with E-state index in [2.05, 4.69) is 58.7 Å². The van der Waals surface area contributed by atoms with Crippen molar-refractivity contribution in [2.24, 2.45) is 10.9 Å². The number of aliphatic imine (C=N–C) groups is 1. The van der Waals surface area contributed by atoms with E-state index in [9.17, 15) is 0 Å². The standard InChI is InChI=1S/C21H30N4OS.HI/c1-3-20-24-19(16-27-20)12-23-21(22-4-2)25-11-10-18(13-25)15-26-14-17-8-6-5-7-9-17;/h5-9,16,18H,3-4,10-15H2,1-2H3,(H,22,23);1H. The second kappa shape index (κ2) is 12.4. The molecular formula is C21H31IN4OS. The van der Waals surface area contributed by atoms with Crippen LogP contribution in [0.3, 0.4) is 0 Å². The van der Waals surface area contributed by atoms with E-state index < -0.39 is 0 Å². The predicted octanol–water partition coefficient (Wildman–Crippen LogP) is 4.33. The van der Waals surface area contributed by atoms with E-state index in [4.69, 9.17) is 9.73 Å². The molecule has 1 saturated heterocycles. The summed E-state index contributed by atoms with van der Waals surface area (Å²) in [6.45, 7) is 9.29. The van der Waals surface area contributed by atoms with Gasteiger partial charge in [0, 0.05) is 30.9 Å². The Bertz CT molecular complexity index is 722. The van der Waals surface area contributed by atoms with Gasteiger partial charge in [0.05, 0.1) is 30.5 Å². The number of hydrogen-bond donors (Lipinski definition) is 1. The minimum absolute atomic E-state index is 0. The second-order valence-electron chi connectivity index (χ2n) is 6.86. The van der Waals surface area contributed by atoms with Crippen molar-refractivity contribution in [3.63, 3.8) is 0 Å². The van der Waals surface area contributed by atoms with Gasteiger partial charge in [0.25, 0.3) is 0 Å². The molecule has 1 N–H and O–H groups in total. The molecule has 2 heterocycles. The molecular weight excluding hydrogens is 483 g/mol. The van der Waals surface area contributed by atoms with Gasteiger partial charge in [-0.1, -0.05) is 37.3 Å². The van der Waals surface area contributed by atoms with E-state index in [1.54, 1.807) is 11.3 Å². The molecule has 0 bridgehead atoms. The average molecular weight is 514 g/mol. The lowest BCUT2D eigenvalue weighted by atomic mass is 10.1. The third kappa shape index (κ3) is 7.00. The number of benzene rings is 1. The van der Waals surface area contributed by atoms with Gasteiger partial charge >= 0.3 is 0 Å². The Balaban J connectivity index is 0.00000280. The SMILES string of the molecule is CCNC(=NCc1csc(CC)n1)N1CCC(COCc2ccccc2)C1.I. The number of likely N-dealkylation sites (tertiary alicyclic amines) is 1. The molecule has 1 fully saturated rings. The molecule has 1 atom stereocenters. The number of halogens is 1. The van der Waals surface area contributed by atoms with Gasteiger partial charge < -0.3 is 15.0 Å². The first-order valence-electron chi connectivity index (χ1n) is 9.86. The number of guanidine groups is 1. The molecule has 3 rings (SSSR count). The summed E-state index contributed by atoms with van der Waals surface area (Å²) in [6.07, 6.45) is 2.14. The van der Waals surface area contributed by atoms with Crippen molar-refractivity contribution in [3.05, 3.63) is 52.0 Å². The molecule has 28 heavy (non-hydrogen) atoms. The quantitative estimate of drug-likeness (QED) is 0.324. The summed E-state index contributed by atoms with van der Waals surface area (Å²) in [7, 11) is 0. The number of nitrogens with one attached hydrogen (secondary N) is 1. The summed E-state index contributed by atoms with van der Waals surface area (Å²) in [5, 5.41) is 6.73. The Labute approximate surface area is 189 Å². The van der Waals surface area contributed by atoms with Crippen LogP contribution in [0.4, 0.5) is 0 Å². The highest BCUT2D eigenvalue weighted by Crippen LogP contribution is 2.18. The van der Waals surface area contributed by atoms with Gasteiger partial charge in [0.2, 0.25) is 0 Å². The van der Waals surface area contributed by atoms with Crippen LogP contribution in [0.2, 0.25) is 0 Å². The van der Waals surface area contributed by atoms with Gasteiger partial charge in [-0.15, -0.1) is 35.3 Å². The van der Waals surface area contributed by atoms with Crippen molar-refractivity contribution in [2.75, 3.05) is 26.2 Å². The Kier molecular flexibility index (Phi) is 10.2. The molecule has 0 spiro atoms. The van der Waals surface area contributed by atoms with E-state index >= 15 is 0 Å². The first-order valence-corrected chi connectivity index (χ1v) is 10.7. The van der Waals surface area contributed by atoms with Crippen LogP contribution in [-0.4, -0.2) is 42.1 Å². The molecule has 154 valence electrons. The van der Waals surface area contributed by atoms with Crippen LogP contribution in [0.15, 0.2) is 40.7 Å². The van der Waals surface area contributed by atoms with Crippen LogP contribution >= 0.6 is 35.3 Å². The lowest BCUT2D eigenvalue weighted by Crippen LogP contribution is -2.40. The van der Waals surface area contributed by atoms with Crippen molar-refractivity contribution in [3.8, 4) is 0 Å². The number of rotatable bonds is 8. The number of aryl methyl sites for hydroxylation is 1. The van der Waals surface area contributed by atoms with E-state index in [0.717, 1.165) is 50.7 Å². The van der Waals surface area contributed by atoms with Crippen LogP contribution in [0.25, 0.3) is 0 Å². The number of thiazole rings is 1. The number of aromatic nitrogens is 1. The van der Waals surface area contributed by atoms with Crippen molar-refractivity contribution >= 4 is 41.3 Å². The molecule has 7 heteroatoms. The number of nitrogens with zero attached hydrogens (tertiary/aromatic N) is 3. The van der Waals surface area contributed by atoms with Crippen LogP contribution in [0, 0.1) is 5.92 Å². The summed E-state index contributed by atoms with van der Waals surface area (Å²) < 4.78 is 5.94. The van der Waals surface area contributed by atoms with Gasteiger partial charge in [0.15, 0.2) is 5.96 Å². The minimum atomic E-state index is 0. The van der Waals surface area contributed by atoms with E-state index in [-0.39, 0.29) is 24.0 Å². The van der Waals surface area contributed by atoms with Crippen LogP contribution in [-0.2, 0) is 24.3 Å². The van der Waals surface area contributed by atoms with Gasteiger partial charge in [-0.25, -0.2) is 9.98 Å². The fraction of sp³-hybridized carbons (Fsp3) is 0.524. The highest BCUT2D eigenvalue weighted by atomic mass is 127. The van der Waals surface area contributed by atoms with Crippen molar-refractivity contribution < 1.29 is 4.74 Å². The van der Waals surface area contributed by atoms with Crippen LogP contribution in [0.1, 0.15) is 36.5 Å². The van der Waals surface area contributed by atoms with Gasteiger partial charge in [-0.3, -0.25) is 0 Å². The first kappa shape index (κ1) is 23.1. The zero-order chi connectivity index (χ0) is 18.9. The molecule has 0 saturated carbocycles. The minimum Gasteiger partial charge on any atom is -0.376 e. The molecule has 1 aliphatic heterocycles. The third-order valence-corrected chi connectivity index (χ3v) is 5.72. The maximum absolute atomic E-state index is 5.94. The molecule has 1 aromatic carbocycles. The predicted molar refractivity (Wildman–Crippen MR) is 128 cm³/mol. The smallest absolute Gasteiger partial charge is 0.194 e. The molecule has 2 aromatic rings. The van der Waals surface area contributed by atoms with Crippen LogP contribution in [0.5, 0.6) is 0 Å². The lowest BCUT2D eigenvalue weighted by Gasteiger charge is -2.21. The molecule has 1 aliphatic rings. The maximum atomic E-state index is 5.94. The zero-order valence-corrected chi connectivity index (χ0v) is 19.9. The second-order valence-corrected chi connectivity index (χ2v) is 7.80. The summed E-state index contributed by atoms with van der Waals surface area (Å²) >= 11 is 1.72. The fourth-order valence-corrected chi connectivity index (χ4v) is 3.98. The third-order valence-electron chi connectivity index (χ3n) is 4.68. The van der Waals surface area contributed by atoms with E-state index in [1.165, 1.54) is 10.6 Å². The Morgan fingerprint density at radius 3 is 2.86 bits per heavy atom. The molecule has 1 unspecified atom stereocenters. The largest absolute Gasteiger partial charge is 0.376 e. The lowest BCUT2D eigenvalue weighted by molar-refractivity contribution is 0.0906. The fourth-order valence-electron chi connectivity index (χ4n) is 3.24. The van der Waals surface area contributed by atoms with E-state index in [1.807, 2.05) is 6.07 Å². The maximum Gasteiger partial charge on any atom is 0.194 e. The molecule has 0 aliphatic carbocycles. The first-order chi connectivity index (χ1) is 13.3. The van der Waals surface area contributed by atoms with Gasteiger partial charge in [0.1, 0.15) is 0 Å². The van der Waals surface area contributed by atoms with Crippen LogP contribution < -0.4 is 5.32 Å². The average Bonchev–Trinajstić information content (AvgIpc) is 3.35. The Hall–Kier alpha value is -1.19. The molecule has 0 radical (unpaired) electrons. The normalized spacial score (nSPS) is 16.9. The number of hydrogen-bond acceptors (Lipinski definition) is 4. The monoisotopic (exact) mass is 514 g/mol. The highest BCUT2D eigenvalue weighted by molar-refractivity contribution is 14.0. The highest BCUT2D eigenvalue weighted by Gasteiger charge is 2.25. The van der Waals surface area contributed by atoms with Crippen molar-refractivity contribution in [2.45, 2.75) is 39.8 Å². The zero-order valence-electron chi connectivity index (χ0n) is 16.8. The topological polar surface area (TPSA) is 49.8 Å². The summed E-state index contributed by atoms with van der Waals surface area (Å²) in [6, 6.07) is 10.4. The summed E-state index contributed by atoms with van der Waals surface area (Å²) in [5.74, 6) is 1.55.